The Labute approximate surface area is 112 Å². The van der Waals surface area contributed by atoms with E-state index in [4.69, 9.17) is 4.74 Å². The van der Waals surface area contributed by atoms with Gasteiger partial charge >= 0.3 is 0 Å². The summed E-state index contributed by atoms with van der Waals surface area (Å²) < 4.78 is 7.27. The van der Waals surface area contributed by atoms with Gasteiger partial charge in [0.15, 0.2) is 0 Å². The summed E-state index contributed by atoms with van der Waals surface area (Å²) in [7, 11) is 0. The summed E-state index contributed by atoms with van der Waals surface area (Å²) in [6.45, 7) is 2.30. The Kier molecular flexibility index (Phi) is 4.50. The first-order valence-corrected chi connectivity index (χ1v) is 7.28. The molecule has 2 heteroatoms. The minimum atomic E-state index is 0.445. The smallest absolute Gasteiger partial charge is 0.120 e. The highest BCUT2D eigenvalue weighted by atomic mass is 127. The molecule has 0 saturated heterocycles. The average Bonchev–Trinajstić information content (AvgIpc) is 2.30. The maximum Gasteiger partial charge on any atom is 0.120 e. The number of benzene rings is 1. The van der Waals surface area contributed by atoms with E-state index in [1.165, 1.54) is 35.7 Å². The Morgan fingerprint density at radius 1 is 1.25 bits per heavy atom. The van der Waals surface area contributed by atoms with Gasteiger partial charge in [0.1, 0.15) is 5.75 Å². The molecule has 1 fully saturated rings. The van der Waals surface area contributed by atoms with Crippen molar-refractivity contribution in [3.8, 4) is 5.75 Å². The van der Waals surface area contributed by atoms with Crippen molar-refractivity contribution >= 4 is 22.6 Å². The Morgan fingerprint density at radius 2 is 2.00 bits per heavy atom. The molecule has 2 rings (SSSR count). The lowest BCUT2D eigenvalue weighted by molar-refractivity contribution is 0.130. The van der Waals surface area contributed by atoms with Crippen molar-refractivity contribution in [3.63, 3.8) is 0 Å². The van der Waals surface area contributed by atoms with Crippen LogP contribution < -0.4 is 4.74 Å². The van der Waals surface area contributed by atoms with Gasteiger partial charge in [-0.05, 0) is 72.4 Å². The molecule has 0 bridgehead atoms. The molecule has 1 aromatic rings. The number of hydrogen-bond acceptors (Lipinski definition) is 1. The van der Waals surface area contributed by atoms with Crippen LogP contribution >= 0.6 is 22.6 Å². The topological polar surface area (TPSA) is 9.23 Å². The molecule has 0 heterocycles. The number of hydrogen-bond donors (Lipinski definition) is 0. The normalized spacial score (nSPS) is 25.4. The molecule has 0 aromatic heterocycles. The van der Waals surface area contributed by atoms with E-state index in [1.807, 2.05) is 0 Å². The quantitative estimate of drug-likeness (QED) is 0.734. The van der Waals surface area contributed by atoms with Crippen molar-refractivity contribution in [1.82, 2.24) is 0 Å². The van der Waals surface area contributed by atoms with Crippen molar-refractivity contribution < 1.29 is 4.74 Å². The summed E-state index contributed by atoms with van der Waals surface area (Å²) in [4.78, 5) is 0. The van der Waals surface area contributed by atoms with Gasteiger partial charge in [0.2, 0.25) is 0 Å². The molecule has 0 N–H and O–H groups in total. The maximum atomic E-state index is 6.02. The van der Waals surface area contributed by atoms with Gasteiger partial charge in [-0.25, -0.2) is 0 Å². The molecular formula is C14H19IO. The summed E-state index contributed by atoms with van der Waals surface area (Å²) in [5.74, 6) is 1.97. The lowest BCUT2D eigenvalue weighted by Gasteiger charge is -2.28. The lowest BCUT2D eigenvalue weighted by Crippen LogP contribution is -2.23. The Morgan fingerprint density at radius 3 is 2.62 bits per heavy atom. The number of ether oxygens (including phenoxy) is 1. The molecular weight excluding hydrogens is 311 g/mol. The van der Waals surface area contributed by atoms with E-state index in [0.717, 1.165) is 11.7 Å². The van der Waals surface area contributed by atoms with Crippen LogP contribution in [0.4, 0.5) is 0 Å². The van der Waals surface area contributed by atoms with E-state index in [0.29, 0.717) is 6.10 Å². The molecule has 0 radical (unpaired) electrons. The second kappa shape index (κ2) is 5.89. The van der Waals surface area contributed by atoms with Gasteiger partial charge in [0, 0.05) is 3.57 Å². The highest BCUT2D eigenvalue weighted by Gasteiger charge is 2.21. The lowest BCUT2D eigenvalue weighted by atomic mass is 9.86. The molecule has 1 aliphatic rings. The van der Waals surface area contributed by atoms with Crippen LogP contribution in [-0.2, 0) is 0 Å². The summed E-state index contributed by atoms with van der Waals surface area (Å²) in [5, 5.41) is 0. The van der Waals surface area contributed by atoms with E-state index in [1.54, 1.807) is 0 Å². The highest BCUT2D eigenvalue weighted by molar-refractivity contribution is 14.1. The fourth-order valence-electron chi connectivity index (χ4n) is 2.39. The maximum absolute atomic E-state index is 6.02. The highest BCUT2D eigenvalue weighted by Crippen LogP contribution is 2.29. The second-order valence-electron chi connectivity index (χ2n) is 4.63. The molecule has 0 unspecified atom stereocenters. The largest absolute Gasteiger partial charge is 0.490 e. The summed E-state index contributed by atoms with van der Waals surface area (Å²) in [6.07, 6.45) is 6.90. The zero-order valence-corrected chi connectivity index (χ0v) is 11.9. The predicted molar refractivity (Wildman–Crippen MR) is 75.8 cm³/mol. The van der Waals surface area contributed by atoms with E-state index < -0.39 is 0 Å². The third kappa shape index (κ3) is 3.37. The van der Waals surface area contributed by atoms with Crippen LogP contribution in [0.3, 0.4) is 0 Å². The SMILES string of the molecule is CCC1CCC(Oc2cccc(I)c2)CC1. The van der Waals surface area contributed by atoms with Crippen molar-refractivity contribution in [2.75, 3.05) is 0 Å². The van der Waals surface area contributed by atoms with Crippen LogP contribution in [-0.4, -0.2) is 6.10 Å². The molecule has 1 aromatic carbocycles. The van der Waals surface area contributed by atoms with Crippen molar-refractivity contribution in [2.24, 2.45) is 5.92 Å². The molecule has 0 atom stereocenters. The van der Waals surface area contributed by atoms with Gasteiger partial charge in [0.05, 0.1) is 6.10 Å². The Balaban J connectivity index is 1.87. The van der Waals surface area contributed by atoms with Crippen LogP contribution in [0.25, 0.3) is 0 Å². The van der Waals surface area contributed by atoms with Gasteiger partial charge in [0.25, 0.3) is 0 Å². The first-order chi connectivity index (χ1) is 7.78. The van der Waals surface area contributed by atoms with Crippen molar-refractivity contribution in [3.05, 3.63) is 27.8 Å². The van der Waals surface area contributed by atoms with Crippen LogP contribution in [0.15, 0.2) is 24.3 Å². The molecule has 0 spiro atoms. The molecule has 16 heavy (non-hydrogen) atoms. The van der Waals surface area contributed by atoms with E-state index in [-0.39, 0.29) is 0 Å². The van der Waals surface area contributed by atoms with E-state index in [9.17, 15) is 0 Å². The van der Waals surface area contributed by atoms with Crippen molar-refractivity contribution in [1.29, 1.82) is 0 Å². The van der Waals surface area contributed by atoms with Crippen LogP contribution in [0.1, 0.15) is 39.0 Å². The van der Waals surface area contributed by atoms with Gasteiger partial charge in [-0.2, -0.15) is 0 Å². The number of rotatable bonds is 3. The zero-order chi connectivity index (χ0) is 11.4. The van der Waals surface area contributed by atoms with Gasteiger partial charge in [-0.1, -0.05) is 19.4 Å². The molecule has 88 valence electrons. The minimum Gasteiger partial charge on any atom is -0.490 e. The Hall–Kier alpha value is -0.250. The summed E-state index contributed by atoms with van der Waals surface area (Å²) in [5.41, 5.74) is 0. The van der Waals surface area contributed by atoms with Crippen LogP contribution in [0, 0.1) is 9.49 Å². The molecule has 1 saturated carbocycles. The molecule has 1 aliphatic carbocycles. The monoisotopic (exact) mass is 330 g/mol. The first-order valence-electron chi connectivity index (χ1n) is 6.20. The fourth-order valence-corrected chi connectivity index (χ4v) is 2.91. The summed E-state index contributed by atoms with van der Waals surface area (Å²) in [6, 6.07) is 8.34. The van der Waals surface area contributed by atoms with Crippen LogP contribution in [0.2, 0.25) is 0 Å². The first kappa shape index (κ1) is 12.2. The number of halogens is 1. The van der Waals surface area contributed by atoms with Gasteiger partial charge in [-0.15, -0.1) is 0 Å². The molecule has 0 amide bonds. The minimum absolute atomic E-state index is 0.445. The molecule has 0 aliphatic heterocycles. The van der Waals surface area contributed by atoms with Crippen LogP contribution in [0.5, 0.6) is 5.75 Å². The van der Waals surface area contributed by atoms with E-state index >= 15 is 0 Å². The van der Waals surface area contributed by atoms with Crippen molar-refractivity contribution in [2.45, 2.75) is 45.1 Å². The van der Waals surface area contributed by atoms with Gasteiger partial charge < -0.3 is 4.74 Å². The average molecular weight is 330 g/mol. The fraction of sp³-hybridized carbons (Fsp3) is 0.571. The third-order valence-electron chi connectivity index (χ3n) is 3.47. The zero-order valence-electron chi connectivity index (χ0n) is 9.79. The standard InChI is InChI=1S/C14H19IO/c1-2-11-6-8-13(9-7-11)16-14-5-3-4-12(15)10-14/h3-5,10-11,13H,2,6-9H2,1H3. The third-order valence-corrected chi connectivity index (χ3v) is 4.14. The second-order valence-corrected chi connectivity index (χ2v) is 5.87. The van der Waals surface area contributed by atoms with Gasteiger partial charge in [-0.3, -0.25) is 0 Å². The van der Waals surface area contributed by atoms with E-state index in [2.05, 4.69) is 53.8 Å². The summed E-state index contributed by atoms with van der Waals surface area (Å²) >= 11 is 2.33. The Bertz CT molecular complexity index is 329. The predicted octanol–water partition coefficient (Wildman–Crippen LogP) is 4.64. The molecule has 1 nitrogen and oxygen atoms in total.